The molecule has 1 amide bonds. The molecule has 0 fully saturated rings. The third-order valence-corrected chi connectivity index (χ3v) is 17.2. The normalized spacial score (nSPS) is 12.4. The molecular weight excluding hydrogens is 947 g/mol. The van der Waals surface area contributed by atoms with Gasteiger partial charge in [-0.15, -0.1) is 0 Å². The highest BCUT2D eigenvalue weighted by Gasteiger charge is 2.20. The van der Waals surface area contributed by atoms with Gasteiger partial charge in [0.05, 0.1) is 25.4 Å². The number of carbonyl (C=O) groups is 2. The molecule has 2 atom stereocenters. The third-order valence-electron chi connectivity index (χ3n) is 17.2. The molecule has 0 spiro atoms. The maximum absolute atomic E-state index is 12.5. The second-order valence-electron chi connectivity index (χ2n) is 24.9. The van der Waals surface area contributed by atoms with Crippen LogP contribution in [0.1, 0.15) is 418 Å². The molecule has 0 radical (unpaired) electrons. The molecule has 0 aromatic rings. The van der Waals surface area contributed by atoms with Gasteiger partial charge in [0.2, 0.25) is 5.91 Å². The fourth-order valence-corrected chi connectivity index (χ4v) is 11.7. The Morgan fingerprint density at radius 2 is 0.532 bits per heavy atom. The first kappa shape index (κ1) is 75.9. The number of rotatable bonds is 68. The quantitative estimate of drug-likeness (QED) is 0.0417. The van der Waals surface area contributed by atoms with E-state index in [1.54, 1.807) is 0 Å². The molecule has 0 heterocycles. The average Bonchev–Trinajstić information content (AvgIpc) is 3.43. The van der Waals surface area contributed by atoms with E-state index in [2.05, 4.69) is 19.2 Å². The zero-order chi connectivity index (χ0) is 55.7. The zero-order valence-electron chi connectivity index (χ0n) is 52.7. The zero-order valence-corrected chi connectivity index (χ0v) is 52.7. The van der Waals surface area contributed by atoms with Gasteiger partial charge in [-0.1, -0.05) is 380 Å². The minimum absolute atomic E-state index is 0.0216. The van der Waals surface area contributed by atoms with Crippen molar-refractivity contribution in [3.63, 3.8) is 0 Å². The van der Waals surface area contributed by atoms with Crippen LogP contribution in [-0.4, -0.2) is 47.4 Å². The predicted octanol–water partition coefficient (Wildman–Crippen LogP) is 23.0. The molecule has 460 valence electrons. The molecule has 0 aromatic carbocycles. The number of nitrogens with one attached hydrogen (secondary N) is 1. The van der Waals surface area contributed by atoms with Crippen LogP contribution in [-0.2, 0) is 14.3 Å². The minimum Gasteiger partial charge on any atom is -0.466 e. The highest BCUT2D eigenvalue weighted by molar-refractivity contribution is 5.76. The van der Waals surface area contributed by atoms with Crippen molar-refractivity contribution in [2.24, 2.45) is 0 Å². The largest absolute Gasteiger partial charge is 0.466 e. The Hall–Kier alpha value is -1.14. The third kappa shape index (κ3) is 63.9. The number of ether oxygens (including phenoxy) is 1. The number of aliphatic hydroxyl groups excluding tert-OH is 2. The van der Waals surface area contributed by atoms with Crippen molar-refractivity contribution in [3.8, 4) is 0 Å². The van der Waals surface area contributed by atoms with Crippen molar-refractivity contribution in [1.82, 2.24) is 5.32 Å². The number of aliphatic hydroxyl groups is 2. The van der Waals surface area contributed by atoms with Gasteiger partial charge in [0.15, 0.2) is 0 Å². The van der Waals surface area contributed by atoms with Crippen LogP contribution >= 0.6 is 0 Å². The van der Waals surface area contributed by atoms with Gasteiger partial charge < -0.3 is 20.3 Å². The van der Waals surface area contributed by atoms with Crippen LogP contribution in [0.2, 0.25) is 0 Å². The summed E-state index contributed by atoms with van der Waals surface area (Å²) >= 11 is 0. The summed E-state index contributed by atoms with van der Waals surface area (Å²) in [5.41, 5.74) is 0. The number of esters is 1. The van der Waals surface area contributed by atoms with Crippen molar-refractivity contribution in [1.29, 1.82) is 0 Å². The molecule has 0 aromatic heterocycles. The van der Waals surface area contributed by atoms with Gasteiger partial charge in [-0.3, -0.25) is 9.59 Å². The summed E-state index contributed by atoms with van der Waals surface area (Å²) in [7, 11) is 0. The molecule has 0 saturated heterocycles. The molecule has 0 aliphatic rings. The summed E-state index contributed by atoms with van der Waals surface area (Å²) in [6.07, 6.45) is 81.5. The van der Waals surface area contributed by atoms with Gasteiger partial charge in [0.1, 0.15) is 0 Å². The van der Waals surface area contributed by atoms with Gasteiger partial charge in [-0.05, 0) is 25.7 Å². The fraction of sp³-hybridized carbons (Fsp3) is 0.972. The van der Waals surface area contributed by atoms with Gasteiger partial charge in [0.25, 0.3) is 0 Å². The lowest BCUT2D eigenvalue weighted by Gasteiger charge is -2.22. The number of amides is 1. The first-order chi connectivity index (χ1) is 38.0. The monoisotopic (exact) mass is 1090 g/mol. The van der Waals surface area contributed by atoms with Crippen LogP contribution in [0.15, 0.2) is 0 Å². The Labute approximate surface area is 483 Å². The van der Waals surface area contributed by atoms with E-state index in [9.17, 15) is 19.8 Å². The second-order valence-corrected chi connectivity index (χ2v) is 24.9. The van der Waals surface area contributed by atoms with E-state index in [-0.39, 0.29) is 18.5 Å². The summed E-state index contributed by atoms with van der Waals surface area (Å²) in [6.45, 7) is 5.01. The van der Waals surface area contributed by atoms with Crippen LogP contribution in [0.25, 0.3) is 0 Å². The molecule has 0 rings (SSSR count). The molecule has 6 heteroatoms. The number of hydrogen-bond acceptors (Lipinski definition) is 5. The van der Waals surface area contributed by atoms with Crippen LogP contribution in [0.5, 0.6) is 0 Å². The average molecular weight is 1090 g/mol. The molecular formula is C71H141NO5. The van der Waals surface area contributed by atoms with Gasteiger partial charge in [-0.25, -0.2) is 0 Å². The van der Waals surface area contributed by atoms with Crippen LogP contribution in [0, 0.1) is 0 Å². The van der Waals surface area contributed by atoms with E-state index >= 15 is 0 Å². The van der Waals surface area contributed by atoms with Gasteiger partial charge >= 0.3 is 5.97 Å². The lowest BCUT2D eigenvalue weighted by Crippen LogP contribution is -2.45. The molecule has 6 nitrogen and oxygen atoms in total. The Kier molecular flexibility index (Phi) is 66.4. The Bertz CT molecular complexity index is 1120. The minimum atomic E-state index is -0.662. The van der Waals surface area contributed by atoms with Crippen molar-refractivity contribution in [2.45, 2.75) is 431 Å². The molecule has 0 bridgehead atoms. The van der Waals surface area contributed by atoms with E-state index in [1.807, 2.05) is 0 Å². The number of unbranched alkanes of at least 4 members (excludes halogenated alkanes) is 57. The van der Waals surface area contributed by atoms with Crippen molar-refractivity contribution < 1.29 is 24.5 Å². The molecule has 77 heavy (non-hydrogen) atoms. The van der Waals surface area contributed by atoms with Crippen LogP contribution in [0.3, 0.4) is 0 Å². The summed E-state index contributed by atoms with van der Waals surface area (Å²) in [4.78, 5) is 24.6. The van der Waals surface area contributed by atoms with E-state index in [0.717, 1.165) is 38.5 Å². The summed E-state index contributed by atoms with van der Waals surface area (Å²) in [6, 6.07) is -0.539. The van der Waals surface area contributed by atoms with Crippen molar-refractivity contribution >= 4 is 11.9 Å². The standard InChI is InChI=1S/C71H141NO5/c1-3-5-7-9-11-13-15-17-19-20-29-32-36-39-43-47-51-55-59-63-69(74)68(67-73)72-70(75)64-60-56-52-48-44-40-37-33-30-27-25-23-21-22-24-26-28-31-34-38-42-46-50-54-58-62-66-77-71(76)65-61-57-53-49-45-41-35-18-16-14-12-10-8-6-4-2/h68-69,73-74H,3-67H2,1-2H3,(H,72,75). The highest BCUT2D eigenvalue weighted by Crippen LogP contribution is 2.20. The second kappa shape index (κ2) is 67.4. The van der Waals surface area contributed by atoms with Crippen molar-refractivity contribution in [2.75, 3.05) is 13.2 Å². The number of hydrogen-bond donors (Lipinski definition) is 3. The SMILES string of the molecule is CCCCCCCCCCCCCCCCCCCCCC(O)C(CO)NC(=O)CCCCCCCCCCCCCCCCCCCCCCCCCCCCOC(=O)CCCCCCCCCCCCCCCCC. The first-order valence-electron chi connectivity index (χ1n) is 35.8. The lowest BCUT2D eigenvalue weighted by atomic mass is 10.0. The van der Waals surface area contributed by atoms with Crippen LogP contribution < -0.4 is 5.32 Å². The van der Waals surface area contributed by atoms with Gasteiger partial charge in [-0.2, -0.15) is 0 Å². The first-order valence-corrected chi connectivity index (χ1v) is 35.8. The summed E-state index contributed by atoms with van der Waals surface area (Å²) in [5.74, 6) is -0.00599. The van der Waals surface area contributed by atoms with Crippen LogP contribution in [0.4, 0.5) is 0 Å². The predicted molar refractivity (Wildman–Crippen MR) is 338 cm³/mol. The van der Waals surface area contributed by atoms with Crippen molar-refractivity contribution in [3.05, 3.63) is 0 Å². The number of carbonyl (C=O) groups excluding carboxylic acids is 2. The Morgan fingerprint density at radius 1 is 0.312 bits per heavy atom. The smallest absolute Gasteiger partial charge is 0.305 e. The summed E-state index contributed by atoms with van der Waals surface area (Å²) < 4.78 is 5.50. The molecule has 3 N–H and O–H groups in total. The molecule has 2 unspecified atom stereocenters. The summed E-state index contributed by atoms with van der Waals surface area (Å²) in [5, 5.41) is 23.4. The topological polar surface area (TPSA) is 95.9 Å². The van der Waals surface area contributed by atoms with E-state index in [4.69, 9.17) is 4.74 Å². The molecule has 0 saturated carbocycles. The highest BCUT2D eigenvalue weighted by atomic mass is 16.5. The lowest BCUT2D eigenvalue weighted by molar-refractivity contribution is -0.143. The van der Waals surface area contributed by atoms with E-state index in [0.29, 0.717) is 25.9 Å². The Morgan fingerprint density at radius 3 is 0.792 bits per heavy atom. The molecule has 0 aliphatic heterocycles. The maximum atomic E-state index is 12.5. The van der Waals surface area contributed by atoms with E-state index < -0.39 is 12.1 Å². The fourth-order valence-electron chi connectivity index (χ4n) is 11.7. The van der Waals surface area contributed by atoms with E-state index in [1.165, 1.54) is 347 Å². The molecule has 0 aliphatic carbocycles. The maximum Gasteiger partial charge on any atom is 0.305 e. The van der Waals surface area contributed by atoms with Gasteiger partial charge in [0, 0.05) is 12.8 Å². The Balaban J connectivity index is 3.34.